The van der Waals surface area contributed by atoms with Crippen molar-refractivity contribution in [3.8, 4) is 0 Å². The van der Waals surface area contributed by atoms with Gasteiger partial charge >= 0.3 is 6.18 Å². The van der Waals surface area contributed by atoms with E-state index >= 15 is 0 Å². The first-order valence-corrected chi connectivity index (χ1v) is 12.0. The normalized spacial score (nSPS) is 15.0. The maximum Gasteiger partial charge on any atom is 0.416 e. The number of nitrogens with one attached hydrogen (secondary N) is 2. The van der Waals surface area contributed by atoms with Crippen molar-refractivity contribution in [1.82, 2.24) is 25.1 Å². The molecule has 1 saturated heterocycles. The van der Waals surface area contributed by atoms with Crippen LogP contribution in [-0.4, -0.2) is 69.7 Å². The lowest BCUT2D eigenvalue weighted by Gasteiger charge is -2.37. The smallest absolute Gasteiger partial charge is 0.338 e. The number of carbonyl (C=O) groups excluding carboxylic acids is 3. The third kappa shape index (κ3) is 5.68. The number of carbonyl (C=O) groups is 3. The van der Waals surface area contributed by atoms with Gasteiger partial charge in [0.1, 0.15) is 6.04 Å². The van der Waals surface area contributed by atoms with E-state index in [9.17, 15) is 32.3 Å². The fourth-order valence-corrected chi connectivity index (χ4v) is 4.22. The van der Waals surface area contributed by atoms with Gasteiger partial charge in [-0.1, -0.05) is 26.0 Å². The van der Waals surface area contributed by atoms with Gasteiger partial charge in [0.2, 0.25) is 5.91 Å². The lowest BCUT2D eigenvalue weighted by atomic mass is 10.0. The molecule has 38 heavy (non-hydrogen) atoms. The van der Waals surface area contributed by atoms with E-state index in [1.165, 1.54) is 9.80 Å². The first kappa shape index (κ1) is 26.8. The molecular weight excluding hydrogens is 503 g/mol. The van der Waals surface area contributed by atoms with Crippen molar-refractivity contribution in [2.24, 2.45) is 5.92 Å². The van der Waals surface area contributed by atoms with Crippen LogP contribution in [0.4, 0.5) is 13.2 Å². The third-order valence-electron chi connectivity index (χ3n) is 6.37. The van der Waals surface area contributed by atoms with Crippen LogP contribution >= 0.6 is 0 Å². The van der Waals surface area contributed by atoms with Gasteiger partial charge in [0.25, 0.3) is 17.4 Å². The summed E-state index contributed by atoms with van der Waals surface area (Å²) in [5.41, 5.74) is -0.835. The van der Waals surface area contributed by atoms with Crippen LogP contribution in [0, 0.1) is 5.92 Å². The molecule has 1 aliphatic rings. The second-order valence-corrected chi connectivity index (χ2v) is 9.32. The highest BCUT2D eigenvalue weighted by molar-refractivity contribution is 5.97. The Labute approximate surface area is 215 Å². The molecule has 3 aromatic rings. The van der Waals surface area contributed by atoms with E-state index < -0.39 is 35.2 Å². The average molecular weight is 530 g/mol. The number of aromatic nitrogens is 2. The van der Waals surface area contributed by atoms with Gasteiger partial charge in [0, 0.05) is 31.7 Å². The maximum atomic E-state index is 13.3. The Bertz CT molecular complexity index is 1410. The summed E-state index contributed by atoms with van der Waals surface area (Å²) in [6, 6.07) is 9.81. The second kappa shape index (κ2) is 10.6. The van der Waals surface area contributed by atoms with E-state index in [-0.39, 0.29) is 49.3 Å². The zero-order valence-corrected chi connectivity index (χ0v) is 20.7. The van der Waals surface area contributed by atoms with Gasteiger partial charge in [-0.25, -0.2) is 4.98 Å². The predicted molar refractivity (Wildman–Crippen MR) is 132 cm³/mol. The molecule has 1 fully saturated rings. The van der Waals surface area contributed by atoms with E-state index in [2.05, 4.69) is 15.3 Å². The number of hydrogen-bond acceptors (Lipinski definition) is 5. The Kier molecular flexibility index (Phi) is 7.51. The monoisotopic (exact) mass is 529 g/mol. The SMILES string of the molecule is CC(C)[C@H](NC(=O)c1nc2ccccc2[nH]c1=O)C(=O)N1CCN(C(=O)c2ccc(C(F)(F)F)cc2)CC1. The predicted octanol–water partition coefficient (Wildman–Crippen LogP) is 2.68. The molecule has 1 aliphatic heterocycles. The van der Waals surface area contributed by atoms with Crippen molar-refractivity contribution in [3.63, 3.8) is 0 Å². The lowest BCUT2D eigenvalue weighted by Crippen LogP contribution is -2.57. The van der Waals surface area contributed by atoms with Gasteiger partial charge in [-0.05, 0) is 42.3 Å². The zero-order valence-electron chi connectivity index (χ0n) is 20.7. The maximum absolute atomic E-state index is 13.3. The van der Waals surface area contributed by atoms with Crippen molar-refractivity contribution in [2.75, 3.05) is 26.2 Å². The molecule has 0 spiro atoms. The molecule has 0 aliphatic carbocycles. The van der Waals surface area contributed by atoms with Crippen molar-refractivity contribution in [3.05, 3.63) is 75.7 Å². The molecule has 0 bridgehead atoms. The molecule has 3 amide bonds. The molecule has 4 rings (SSSR count). The number of rotatable bonds is 5. The summed E-state index contributed by atoms with van der Waals surface area (Å²) in [4.78, 5) is 61.1. The van der Waals surface area contributed by atoms with Crippen LogP contribution in [0.5, 0.6) is 0 Å². The van der Waals surface area contributed by atoms with Crippen molar-refractivity contribution >= 4 is 28.8 Å². The van der Waals surface area contributed by atoms with Crippen LogP contribution in [0.1, 0.15) is 40.3 Å². The number of amides is 3. The van der Waals surface area contributed by atoms with Gasteiger partial charge in [0.05, 0.1) is 16.6 Å². The molecule has 0 radical (unpaired) electrons. The summed E-state index contributed by atoms with van der Waals surface area (Å²) in [6.45, 7) is 4.22. The Morgan fingerprint density at radius 2 is 1.55 bits per heavy atom. The molecule has 9 nitrogen and oxygen atoms in total. The van der Waals surface area contributed by atoms with Gasteiger partial charge in [0.15, 0.2) is 5.69 Å². The number of benzene rings is 2. The zero-order chi connectivity index (χ0) is 27.6. The topological polar surface area (TPSA) is 115 Å². The summed E-state index contributed by atoms with van der Waals surface area (Å²) in [7, 11) is 0. The summed E-state index contributed by atoms with van der Waals surface area (Å²) in [5.74, 6) is -1.88. The number of fused-ring (bicyclic) bond motifs is 1. The molecule has 1 atom stereocenters. The van der Waals surface area contributed by atoms with Crippen molar-refractivity contribution in [2.45, 2.75) is 26.1 Å². The number of halogens is 3. The number of hydrogen-bond donors (Lipinski definition) is 2. The molecule has 12 heteroatoms. The molecule has 2 aromatic carbocycles. The minimum absolute atomic E-state index is 0.123. The van der Waals surface area contributed by atoms with Crippen LogP contribution in [-0.2, 0) is 11.0 Å². The van der Waals surface area contributed by atoms with Gasteiger partial charge in [-0.15, -0.1) is 0 Å². The van der Waals surface area contributed by atoms with E-state index in [0.717, 1.165) is 24.3 Å². The fraction of sp³-hybridized carbons (Fsp3) is 0.346. The third-order valence-corrected chi connectivity index (χ3v) is 6.37. The number of H-pyrrole nitrogens is 1. The molecule has 0 saturated carbocycles. The first-order chi connectivity index (χ1) is 18.0. The Morgan fingerprint density at radius 1 is 0.947 bits per heavy atom. The quantitative estimate of drug-likeness (QED) is 0.528. The number of alkyl halides is 3. The first-order valence-electron chi connectivity index (χ1n) is 12.0. The number of piperazine rings is 1. The second-order valence-electron chi connectivity index (χ2n) is 9.32. The van der Waals surface area contributed by atoms with Crippen molar-refractivity contribution in [1.29, 1.82) is 0 Å². The lowest BCUT2D eigenvalue weighted by molar-refractivity contribution is -0.137. The summed E-state index contributed by atoms with van der Waals surface area (Å²) in [5, 5.41) is 2.63. The van der Waals surface area contributed by atoms with E-state index in [0.29, 0.717) is 11.0 Å². The van der Waals surface area contributed by atoms with E-state index in [1.807, 2.05) is 0 Å². The highest BCUT2D eigenvalue weighted by atomic mass is 19.4. The molecule has 200 valence electrons. The largest absolute Gasteiger partial charge is 0.416 e. The van der Waals surface area contributed by atoms with Crippen LogP contribution in [0.25, 0.3) is 11.0 Å². The van der Waals surface area contributed by atoms with Crippen LogP contribution < -0.4 is 10.9 Å². The summed E-state index contributed by atoms with van der Waals surface area (Å²) < 4.78 is 38.4. The summed E-state index contributed by atoms with van der Waals surface area (Å²) >= 11 is 0. The van der Waals surface area contributed by atoms with Gasteiger partial charge < -0.3 is 20.1 Å². The van der Waals surface area contributed by atoms with Gasteiger partial charge in [-0.3, -0.25) is 19.2 Å². The van der Waals surface area contributed by atoms with E-state index in [1.54, 1.807) is 38.1 Å². The van der Waals surface area contributed by atoms with Crippen LogP contribution in [0.3, 0.4) is 0 Å². The highest BCUT2D eigenvalue weighted by Gasteiger charge is 2.34. The minimum Gasteiger partial charge on any atom is -0.338 e. The Hall–Kier alpha value is -4.22. The fourth-order valence-electron chi connectivity index (χ4n) is 4.22. The van der Waals surface area contributed by atoms with Crippen LogP contribution in [0.15, 0.2) is 53.3 Å². The van der Waals surface area contributed by atoms with Crippen LogP contribution in [0.2, 0.25) is 0 Å². The standard InChI is InChI=1S/C26H26F3N5O4/c1-15(2)20(32-23(36)21-22(35)31-19-6-4-3-5-18(19)30-21)25(38)34-13-11-33(12-14-34)24(37)16-7-9-17(10-8-16)26(27,28)29/h3-10,15,20H,11-14H2,1-2H3,(H,31,35)(H,32,36)/t20-/m0/s1. The minimum atomic E-state index is -4.49. The molecular formula is C26H26F3N5O4. The average Bonchev–Trinajstić information content (AvgIpc) is 2.90. The molecule has 1 aromatic heterocycles. The number of nitrogens with zero attached hydrogens (tertiary/aromatic N) is 3. The van der Waals surface area contributed by atoms with Crippen molar-refractivity contribution < 1.29 is 27.6 Å². The molecule has 2 N–H and O–H groups in total. The number of aromatic amines is 1. The summed E-state index contributed by atoms with van der Waals surface area (Å²) in [6.07, 6.45) is -4.49. The molecule has 0 unspecified atom stereocenters. The Balaban J connectivity index is 1.40. The molecule has 2 heterocycles. The number of para-hydroxylation sites is 2. The highest BCUT2D eigenvalue weighted by Crippen LogP contribution is 2.29. The van der Waals surface area contributed by atoms with Gasteiger partial charge in [-0.2, -0.15) is 13.2 Å². The Morgan fingerprint density at radius 3 is 2.16 bits per heavy atom. The van der Waals surface area contributed by atoms with E-state index in [4.69, 9.17) is 0 Å².